The number of anilines is 1. The van der Waals surface area contributed by atoms with Gasteiger partial charge in [0.05, 0.1) is 11.1 Å². The molecule has 168 valence electrons. The second-order valence-corrected chi connectivity index (χ2v) is 8.83. The van der Waals surface area contributed by atoms with Gasteiger partial charge in [-0.2, -0.15) is 0 Å². The van der Waals surface area contributed by atoms with E-state index in [2.05, 4.69) is 10.6 Å². The minimum atomic E-state index is -0.652. The second kappa shape index (κ2) is 8.82. The van der Waals surface area contributed by atoms with Crippen LogP contribution >= 0.6 is 0 Å². The van der Waals surface area contributed by atoms with Crippen LogP contribution in [0.3, 0.4) is 0 Å². The zero-order chi connectivity index (χ0) is 23.6. The van der Waals surface area contributed by atoms with Crippen LogP contribution in [0.1, 0.15) is 62.2 Å². The van der Waals surface area contributed by atoms with E-state index in [0.29, 0.717) is 11.1 Å². The second-order valence-electron chi connectivity index (χ2n) is 8.83. The number of carbonyl (C=O) groups is 4. The van der Waals surface area contributed by atoms with Crippen LogP contribution in [0, 0.1) is 0 Å². The predicted molar refractivity (Wildman–Crippen MR) is 122 cm³/mol. The first-order valence-electron chi connectivity index (χ1n) is 10.4. The average molecular weight is 437 g/mol. The highest BCUT2D eigenvalue weighted by molar-refractivity contribution is 6.22. The molecule has 0 atom stereocenters. The topological polar surface area (TPSA) is 98.8 Å². The van der Waals surface area contributed by atoms with Crippen molar-refractivity contribution in [1.29, 1.82) is 0 Å². The molecule has 0 spiro atoms. The van der Waals surface area contributed by atoms with Crippen LogP contribution in [0.15, 0.2) is 42.5 Å². The largest absolute Gasteiger partial charge is 0.378 e. The lowest BCUT2D eigenvalue weighted by atomic mass is 10.1. The Morgan fingerprint density at radius 2 is 1.31 bits per heavy atom. The number of hydrogen-bond donors (Lipinski definition) is 2. The molecule has 0 radical (unpaired) electrons. The zero-order valence-corrected chi connectivity index (χ0v) is 19.0. The fraction of sp³-hybridized carbons (Fsp3) is 0.333. The van der Waals surface area contributed by atoms with E-state index in [1.54, 1.807) is 32.9 Å². The first-order valence-corrected chi connectivity index (χ1v) is 10.4. The number of amides is 4. The highest BCUT2D eigenvalue weighted by Crippen LogP contribution is 2.29. The van der Waals surface area contributed by atoms with Crippen molar-refractivity contribution >= 4 is 29.3 Å². The third-order valence-electron chi connectivity index (χ3n) is 5.16. The molecule has 0 aromatic heterocycles. The Morgan fingerprint density at radius 3 is 1.84 bits per heavy atom. The van der Waals surface area contributed by atoms with Crippen molar-refractivity contribution in [2.24, 2.45) is 0 Å². The van der Waals surface area contributed by atoms with Crippen LogP contribution in [0.25, 0.3) is 0 Å². The maximum Gasteiger partial charge on any atom is 0.262 e. The summed E-state index contributed by atoms with van der Waals surface area (Å²) >= 11 is 0. The summed E-state index contributed by atoms with van der Waals surface area (Å²) in [7, 11) is 3.85. The van der Waals surface area contributed by atoms with Crippen LogP contribution in [-0.2, 0) is 0 Å². The van der Waals surface area contributed by atoms with E-state index in [1.807, 2.05) is 31.1 Å². The van der Waals surface area contributed by atoms with Gasteiger partial charge >= 0.3 is 0 Å². The van der Waals surface area contributed by atoms with Gasteiger partial charge in [0.15, 0.2) is 0 Å². The van der Waals surface area contributed by atoms with Crippen molar-refractivity contribution in [2.75, 3.05) is 32.1 Å². The summed E-state index contributed by atoms with van der Waals surface area (Å²) in [6, 6.07) is 11.7. The number of benzene rings is 2. The molecular weight excluding hydrogens is 408 g/mol. The summed E-state index contributed by atoms with van der Waals surface area (Å²) in [5.74, 6) is -1.37. The summed E-state index contributed by atoms with van der Waals surface area (Å²) in [5, 5.41) is 5.48. The van der Waals surface area contributed by atoms with E-state index in [4.69, 9.17) is 0 Å². The number of nitrogens with one attached hydrogen (secondary N) is 2. The van der Waals surface area contributed by atoms with Gasteiger partial charge < -0.3 is 15.5 Å². The summed E-state index contributed by atoms with van der Waals surface area (Å²) in [5.41, 5.74) is 1.69. The molecule has 0 aliphatic carbocycles. The van der Waals surface area contributed by atoms with Crippen LogP contribution in [-0.4, -0.2) is 61.3 Å². The fourth-order valence-corrected chi connectivity index (χ4v) is 3.46. The SMILES string of the molecule is CN(C)c1ccc(C(=O)NCCNC(=O)c2ccc3c(c2)C(=O)N(C(C)(C)C)C3=O)cc1. The number of carbonyl (C=O) groups excluding carboxylic acids is 4. The third-order valence-corrected chi connectivity index (χ3v) is 5.16. The molecule has 0 fully saturated rings. The van der Waals surface area contributed by atoms with Gasteiger partial charge in [-0.1, -0.05) is 0 Å². The summed E-state index contributed by atoms with van der Waals surface area (Å²) in [6.45, 7) is 5.83. The van der Waals surface area contributed by atoms with E-state index in [9.17, 15) is 19.2 Å². The Labute approximate surface area is 187 Å². The van der Waals surface area contributed by atoms with Gasteiger partial charge in [-0.3, -0.25) is 24.1 Å². The van der Waals surface area contributed by atoms with Gasteiger partial charge in [-0.25, -0.2) is 0 Å². The molecule has 2 N–H and O–H groups in total. The highest BCUT2D eigenvalue weighted by Gasteiger charge is 2.42. The molecular formula is C24H28N4O4. The minimum absolute atomic E-state index is 0.221. The lowest BCUT2D eigenvalue weighted by Crippen LogP contribution is -2.45. The summed E-state index contributed by atoms with van der Waals surface area (Å²) < 4.78 is 0. The molecule has 3 rings (SSSR count). The maximum absolute atomic E-state index is 12.7. The van der Waals surface area contributed by atoms with Gasteiger partial charge in [0.2, 0.25) is 0 Å². The number of rotatable bonds is 6. The van der Waals surface area contributed by atoms with E-state index in [-0.39, 0.29) is 41.9 Å². The quantitative estimate of drug-likeness (QED) is 0.535. The number of hydrogen-bond acceptors (Lipinski definition) is 5. The molecule has 32 heavy (non-hydrogen) atoms. The number of fused-ring (bicyclic) bond motifs is 1. The van der Waals surface area contributed by atoms with Crippen LogP contribution in [0.5, 0.6) is 0 Å². The Hall–Kier alpha value is -3.68. The van der Waals surface area contributed by atoms with E-state index >= 15 is 0 Å². The molecule has 1 aliphatic heterocycles. The zero-order valence-electron chi connectivity index (χ0n) is 19.0. The van der Waals surface area contributed by atoms with Crippen LogP contribution < -0.4 is 15.5 Å². The van der Waals surface area contributed by atoms with E-state index < -0.39 is 11.4 Å². The monoisotopic (exact) mass is 436 g/mol. The van der Waals surface area contributed by atoms with E-state index in [1.165, 1.54) is 23.1 Å². The molecule has 2 aromatic carbocycles. The molecule has 0 unspecified atom stereocenters. The van der Waals surface area contributed by atoms with Crippen LogP contribution in [0.4, 0.5) is 5.69 Å². The Bertz CT molecular complexity index is 1070. The van der Waals surface area contributed by atoms with Gasteiger partial charge in [0.1, 0.15) is 0 Å². The summed E-state index contributed by atoms with van der Waals surface area (Å²) in [4.78, 5) is 53.1. The Kier molecular flexibility index (Phi) is 6.34. The molecule has 0 bridgehead atoms. The lowest BCUT2D eigenvalue weighted by molar-refractivity contribution is 0.0507. The molecule has 1 aliphatic rings. The van der Waals surface area contributed by atoms with Gasteiger partial charge in [0.25, 0.3) is 23.6 Å². The first-order chi connectivity index (χ1) is 15.0. The van der Waals surface area contributed by atoms with Crippen molar-refractivity contribution in [3.63, 3.8) is 0 Å². The van der Waals surface area contributed by atoms with Crippen molar-refractivity contribution in [3.8, 4) is 0 Å². The normalized spacial score (nSPS) is 13.1. The number of nitrogens with zero attached hydrogens (tertiary/aromatic N) is 2. The van der Waals surface area contributed by atoms with Gasteiger partial charge in [-0.05, 0) is 63.2 Å². The Morgan fingerprint density at radius 1 is 0.812 bits per heavy atom. The van der Waals surface area contributed by atoms with Crippen molar-refractivity contribution < 1.29 is 19.2 Å². The minimum Gasteiger partial charge on any atom is -0.378 e. The van der Waals surface area contributed by atoms with Gasteiger partial charge in [-0.15, -0.1) is 0 Å². The molecule has 8 nitrogen and oxygen atoms in total. The number of imide groups is 1. The molecule has 1 heterocycles. The van der Waals surface area contributed by atoms with Crippen molar-refractivity contribution in [1.82, 2.24) is 15.5 Å². The Balaban J connectivity index is 1.55. The molecule has 2 aromatic rings. The van der Waals surface area contributed by atoms with Gasteiger partial charge in [0, 0.05) is 49.5 Å². The first kappa shape index (κ1) is 23.0. The van der Waals surface area contributed by atoms with Crippen LogP contribution in [0.2, 0.25) is 0 Å². The molecule has 0 saturated heterocycles. The molecule has 8 heteroatoms. The molecule has 4 amide bonds. The molecule has 0 saturated carbocycles. The summed E-state index contributed by atoms with van der Waals surface area (Å²) in [6.07, 6.45) is 0. The smallest absolute Gasteiger partial charge is 0.262 e. The highest BCUT2D eigenvalue weighted by atomic mass is 16.2. The lowest BCUT2D eigenvalue weighted by Gasteiger charge is -2.29. The van der Waals surface area contributed by atoms with Crippen molar-refractivity contribution in [3.05, 3.63) is 64.7 Å². The standard InChI is InChI=1S/C24H28N4O4/c1-24(2,3)28-22(31)18-11-8-16(14-19(18)23(28)32)21(30)26-13-12-25-20(29)15-6-9-17(10-7-15)27(4)5/h6-11,14H,12-13H2,1-5H3,(H,25,29)(H,26,30). The predicted octanol–water partition coefficient (Wildman–Crippen LogP) is 2.31. The maximum atomic E-state index is 12.7. The van der Waals surface area contributed by atoms with Crippen molar-refractivity contribution in [2.45, 2.75) is 26.3 Å². The average Bonchev–Trinajstić information content (AvgIpc) is 3.00. The third kappa shape index (κ3) is 4.64. The van der Waals surface area contributed by atoms with E-state index in [0.717, 1.165) is 5.69 Å². The fourth-order valence-electron chi connectivity index (χ4n) is 3.46.